The summed E-state index contributed by atoms with van der Waals surface area (Å²) in [6, 6.07) is 5.94. The van der Waals surface area contributed by atoms with Crippen LogP contribution in [0.1, 0.15) is 61.9 Å². The highest BCUT2D eigenvalue weighted by Gasteiger charge is 2.10. The van der Waals surface area contributed by atoms with Crippen LogP contribution in [0.5, 0.6) is 0 Å². The first-order valence-corrected chi connectivity index (χ1v) is 7.81. The summed E-state index contributed by atoms with van der Waals surface area (Å²) in [4.78, 5) is 12.2. The summed E-state index contributed by atoms with van der Waals surface area (Å²) >= 11 is 0. The molecule has 0 atom stereocenters. The molecule has 0 unspecified atom stereocenters. The van der Waals surface area contributed by atoms with Crippen LogP contribution >= 0.6 is 0 Å². The van der Waals surface area contributed by atoms with Crippen LogP contribution in [0.4, 0.5) is 5.69 Å². The van der Waals surface area contributed by atoms with Crippen molar-refractivity contribution in [3.05, 3.63) is 29.3 Å². The van der Waals surface area contributed by atoms with E-state index < -0.39 is 0 Å². The number of carbonyl (C=O) groups excluding carboxylic acids is 1. The number of carbonyl (C=O) groups is 1. The van der Waals surface area contributed by atoms with Gasteiger partial charge >= 0.3 is 0 Å². The van der Waals surface area contributed by atoms with Crippen molar-refractivity contribution in [2.75, 3.05) is 18.4 Å². The predicted molar refractivity (Wildman–Crippen MR) is 86.4 cm³/mol. The van der Waals surface area contributed by atoms with Gasteiger partial charge in [0.05, 0.1) is 5.56 Å². The van der Waals surface area contributed by atoms with Gasteiger partial charge in [-0.05, 0) is 37.5 Å². The van der Waals surface area contributed by atoms with E-state index >= 15 is 0 Å². The minimum atomic E-state index is 0.0279. The van der Waals surface area contributed by atoms with Gasteiger partial charge in [0.1, 0.15) is 0 Å². The molecule has 3 heteroatoms. The van der Waals surface area contributed by atoms with Gasteiger partial charge in [0.2, 0.25) is 0 Å². The molecule has 0 saturated heterocycles. The molecule has 0 heterocycles. The Balaban J connectivity index is 2.57. The normalized spacial score (nSPS) is 10.3. The molecule has 1 rings (SSSR count). The van der Waals surface area contributed by atoms with Crippen LogP contribution in [0.2, 0.25) is 0 Å². The molecule has 0 spiro atoms. The minimum Gasteiger partial charge on any atom is -0.384 e. The average molecular weight is 276 g/mol. The van der Waals surface area contributed by atoms with Crippen molar-refractivity contribution in [1.29, 1.82) is 0 Å². The standard InChI is InChI=1S/C17H28N2O/c1-4-6-7-8-12-19-17(20)15-10-9-14(3)13-16(15)18-11-5-2/h9-10,13,18H,4-8,11-12H2,1-3H3,(H,19,20). The van der Waals surface area contributed by atoms with Crippen LogP contribution in [0.25, 0.3) is 0 Å². The van der Waals surface area contributed by atoms with Gasteiger partial charge in [0, 0.05) is 18.8 Å². The number of hydrogen-bond acceptors (Lipinski definition) is 2. The molecule has 0 aromatic heterocycles. The minimum absolute atomic E-state index is 0.0279. The molecule has 3 nitrogen and oxygen atoms in total. The van der Waals surface area contributed by atoms with Crippen LogP contribution < -0.4 is 10.6 Å². The van der Waals surface area contributed by atoms with Crippen LogP contribution in [-0.2, 0) is 0 Å². The Morgan fingerprint density at radius 2 is 1.85 bits per heavy atom. The van der Waals surface area contributed by atoms with Gasteiger partial charge in [-0.3, -0.25) is 4.79 Å². The van der Waals surface area contributed by atoms with Crippen molar-refractivity contribution in [2.24, 2.45) is 0 Å². The van der Waals surface area contributed by atoms with E-state index in [0.717, 1.165) is 37.2 Å². The van der Waals surface area contributed by atoms with Crippen LogP contribution in [0.15, 0.2) is 18.2 Å². The van der Waals surface area contributed by atoms with E-state index in [1.54, 1.807) is 0 Å². The van der Waals surface area contributed by atoms with E-state index in [-0.39, 0.29) is 5.91 Å². The summed E-state index contributed by atoms with van der Waals surface area (Å²) in [6.07, 6.45) is 5.75. The summed E-state index contributed by atoms with van der Waals surface area (Å²) in [5, 5.41) is 6.35. The number of benzene rings is 1. The Morgan fingerprint density at radius 1 is 1.05 bits per heavy atom. The summed E-state index contributed by atoms with van der Waals surface area (Å²) in [5.41, 5.74) is 2.86. The zero-order chi connectivity index (χ0) is 14.8. The Hall–Kier alpha value is -1.51. The first kappa shape index (κ1) is 16.5. The smallest absolute Gasteiger partial charge is 0.253 e. The number of nitrogens with one attached hydrogen (secondary N) is 2. The fraction of sp³-hybridized carbons (Fsp3) is 0.588. The molecule has 20 heavy (non-hydrogen) atoms. The van der Waals surface area contributed by atoms with Gasteiger partial charge in [0.15, 0.2) is 0 Å². The van der Waals surface area contributed by atoms with Crippen molar-refractivity contribution in [3.8, 4) is 0 Å². The molecule has 112 valence electrons. The quantitative estimate of drug-likeness (QED) is 0.666. The maximum absolute atomic E-state index is 12.2. The maximum atomic E-state index is 12.2. The Kier molecular flexibility index (Phi) is 7.78. The van der Waals surface area contributed by atoms with Crippen LogP contribution in [0.3, 0.4) is 0 Å². The third-order valence-corrected chi connectivity index (χ3v) is 3.30. The Labute approximate surface area is 123 Å². The number of rotatable bonds is 9. The van der Waals surface area contributed by atoms with E-state index in [9.17, 15) is 4.79 Å². The van der Waals surface area contributed by atoms with Crippen molar-refractivity contribution < 1.29 is 4.79 Å². The highest BCUT2D eigenvalue weighted by molar-refractivity contribution is 5.99. The van der Waals surface area contributed by atoms with E-state index in [4.69, 9.17) is 0 Å². The van der Waals surface area contributed by atoms with Crippen LogP contribution in [-0.4, -0.2) is 19.0 Å². The Bertz CT molecular complexity index is 415. The first-order chi connectivity index (χ1) is 9.69. The third kappa shape index (κ3) is 5.64. The van der Waals surface area contributed by atoms with Crippen molar-refractivity contribution in [3.63, 3.8) is 0 Å². The lowest BCUT2D eigenvalue weighted by Gasteiger charge is -2.12. The highest BCUT2D eigenvalue weighted by atomic mass is 16.1. The molecule has 0 aliphatic carbocycles. The zero-order valence-corrected chi connectivity index (χ0v) is 13.1. The van der Waals surface area contributed by atoms with E-state index in [1.807, 2.05) is 25.1 Å². The fourth-order valence-electron chi connectivity index (χ4n) is 2.11. The van der Waals surface area contributed by atoms with E-state index in [2.05, 4.69) is 24.5 Å². The number of amides is 1. The molecule has 0 aliphatic heterocycles. The number of anilines is 1. The Morgan fingerprint density at radius 3 is 2.55 bits per heavy atom. The van der Waals surface area contributed by atoms with Crippen molar-refractivity contribution in [1.82, 2.24) is 5.32 Å². The summed E-state index contributed by atoms with van der Waals surface area (Å²) in [6.45, 7) is 8.01. The summed E-state index contributed by atoms with van der Waals surface area (Å²) < 4.78 is 0. The fourth-order valence-corrected chi connectivity index (χ4v) is 2.11. The second-order valence-electron chi connectivity index (χ2n) is 5.29. The lowest BCUT2D eigenvalue weighted by atomic mass is 10.1. The predicted octanol–water partition coefficient (Wildman–Crippen LogP) is 4.13. The van der Waals surface area contributed by atoms with Crippen molar-refractivity contribution in [2.45, 2.75) is 52.9 Å². The highest BCUT2D eigenvalue weighted by Crippen LogP contribution is 2.17. The molecule has 0 radical (unpaired) electrons. The van der Waals surface area contributed by atoms with Gasteiger partial charge in [-0.25, -0.2) is 0 Å². The third-order valence-electron chi connectivity index (χ3n) is 3.30. The largest absolute Gasteiger partial charge is 0.384 e. The lowest BCUT2D eigenvalue weighted by molar-refractivity contribution is 0.0953. The molecule has 1 amide bonds. The molecule has 1 aromatic carbocycles. The summed E-state index contributed by atoms with van der Waals surface area (Å²) in [5.74, 6) is 0.0279. The number of hydrogen-bond donors (Lipinski definition) is 2. The average Bonchev–Trinajstić information content (AvgIpc) is 2.44. The molecule has 0 fully saturated rings. The molecule has 0 saturated carbocycles. The van der Waals surface area contributed by atoms with Gasteiger partial charge in [-0.1, -0.05) is 39.2 Å². The van der Waals surface area contributed by atoms with Gasteiger partial charge < -0.3 is 10.6 Å². The lowest BCUT2D eigenvalue weighted by Crippen LogP contribution is -2.25. The second kappa shape index (κ2) is 9.40. The number of unbranched alkanes of at least 4 members (excludes halogenated alkanes) is 3. The van der Waals surface area contributed by atoms with Crippen LogP contribution in [0, 0.1) is 6.92 Å². The monoisotopic (exact) mass is 276 g/mol. The van der Waals surface area contributed by atoms with Gasteiger partial charge in [-0.2, -0.15) is 0 Å². The number of aryl methyl sites for hydroxylation is 1. The zero-order valence-electron chi connectivity index (χ0n) is 13.1. The summed E-state index contributed by atoms with van der Waals surface area (Å²) in [7, 11) is 0. The van der Waals surface area contributed by atoms with Gasteiger partial charge in [-0.15, -0.1) is 0 Å². The first-order valence-electron chi connectivity index (χ1n) is 7.81. The molecule has 0 aliphatic rings. The maximum Gasteiger partial charge on any atom is 0.253 e. The van der Waals surface area contributed by atoms with E-state index in [1.165, 1.54) is 24.8 Å². The van der Waals surface area contributed by atoms with Crippen molar-refractivity contribution >= 4 is 11.6 Å². The molecular weight excluding hydrogens is 248 g/mol. The topological polar surface area (TPSA) is 41.1 Å². The molecule has 2 N–H and O–H groups in total. The van der Waals surface area contributed by atoms with Gasteiger partial charge in [0.25, 0.3) is 5.91 Å². The van der Waals surface area contributed by atoms with E-state index in [0.29, 0.717) is 0 Å². The molecule has 1 aromatic rings. The molecule has 0 bridgehead atoms. The molecular formula is C17H28N2O. The second-order valence-corrected chi connectivity index (χ2v) is 5.29. The SMILES string of the molecule is CCCCCCNC(=O)c1ccc(C)cc1NCCC.